The van der Waals surface area contributed by atoms with Gasteiger partial charge in [-0.25, -0.2) is 4.79 Å². The third-order valence-electron chi connectivity index (χ3n) is 6.62. The number of para-hydroxylation sites is 1. The maximum Gasteiger partial charge on any atom is 0.326 e. The molecule has 0 aromatic heterocycles. The Morgan fingerprint density at radius 3 is 2.41 bits per heavy atom. The monoisotopic (exact) mass is 501 g/mol. The average molecular weight is 502 g/mol. The minimum Gasteiger partial charge on any atom is -0.481 e. The fourth-order valence-corrected chi connectivity index (χ4v) is 4.47. The zero-order valence-corrected chi connectivity index (χ0v) is 21.0. The van der Waals surface area contributed by atoms with E-state index in [9.17, 15) is 14.4 Å². The summed E-state index contributed by atoms with van der Waals surface area (Å²) in [4.78, 5) is 39.8. The second kappa shape index (κ2) is 11.7. The summed E-state index contributed by atoms with van der Waals surface area (Å²) >= 11 is 0. The summed E-state index contributed by atoms with van der Waals surface area (Å²) in [5.41, 5.74) is 5.22. The highest BCUT2D eigenvalue weighted by atomic mass is 16.5. The molecule has 8 heteroatoms. The number of methoxy groups -OCH3 is 1. The summed E-state index contributed by atoms with van der Waals surface area (Å²) in [5, 5.41) is 11.9. The van der Waals surface area contributed by atoms with Crippen molar-refractivity contribution >= 4 is 35.0 Å². The minimum absolute atomic E-state index is 0.0212. The Labute approximate surface area is 216 Å². The molecule has 37 heavy (non-hydrogen) atoms. The van der Waals surface area contributed by atoms with Crippen molar-refractivity contribution in [3.8, 4) is 0 Å². The SMILES string of the molecule is COC(CCC(=O)O)c1ccc(N(C)C(=O)Cc2ccc(NC(=O)N3CCc4ccccc43)cc2)cc1. The Morgan fingerprint density at radius 2 is 1.73 bits per heavy atom. The molecule has 1 unspecified atom stereocenters. The molecule has 1 aliphatic rings. The summed E-state index contributed by atoms with van der Waals surface area (Å²) in [6.45, 7) is 0.652. The Morgan fingerprint density at radius 1 is 1.03 bits per heavy atom. The lowest BCUT2D eigenvalue weighted by Crippen LogP contribution is -2.33. The van der Waals surface area contributed by atoms with Crippen LogP contribution in [0.5, 0.6) is 0 Å². The van der Waals surface area contributed by atoms with E-state index < -0.39 is 5.97 Å². The van der Waals surface area contributed by atoms with E-state index in [1.807, 2.05) is 60.7 Å². The Kier molecular flexibility index (Phi) is 8.20. The molecule has 0 fully saturated rings. The van der Waals surface area contributed by atoms with Gasteiger partial charge in [-0.3, -0.25) is 14.5 Å². The van der Waals surface area contributed by atoms with Crippen molar-refractivity contribution in [3.63, 3.8) is 0 Å². The van der Waals surface area contributed by atoms with Crippen LogP contribution >= 0.6 is 0 Å². The number of amides is 3. The molecule has 1 atom stereocenters. The van der Waals surface area contributed by atoms with E-state index in [2.05, 4.69) is 5.32 Å². The van der Waals surface area contributed by atoms with Gasteiger partial charge in [0, 0.05) is 44.2 Å². The third kappa shape index (κ3) is 6.34. The van der Waals surface area contributed by atoms with Crippen LogP contribution in [-0.2, 0) is 27.2 Å². The lowest BCUT2D eigenvalue weighted by molar-refractivity contribution is -0.137. The maximum atomic E-state index is 12.9. The number of hydrogen-bond acceptors (Lipinski definition) is 4. The Balaban J connectivity index is 1.32. The molecule has 0 bridgehead atoms. The number of likely N-dealkylation sites (N-methyl/N-ethyl adjacent to an activating group) is 1. The van der Waals surface area contributed by atoms with Gasteiger partial charge in [0.05, 0.1) is 12.5 Å². The van der Waals surface area contributed by atoms with E-state index in [-0.39, 0.29) is 30.9 Å². The van der Waals surface area contributed by atoms with Gasteiger partial charge >= 0.3 is 12.0 Å². The van der Waals surface area contributed by atoms with E-state index in [0.29, 0.717) is 18.7 Å². The first-order chi connectivity index (χ1) is 17.9. The number of ether oxygens (including phenoxy) is 1. The molecule has 0 saturated carbocycles. The maximum absolute atomic E-state index is 12.9. The molecule has 3 aromatic rings. The topological polar surface area (TPSA) is 99.2 Å². The van der Waals surface area contributed by atoms with Gasteiger partial charge in [-0.2, -0.15) is 0 Å². The Hall–Kier alpha value is -4.17. The van der Waals surface area contributed by atoms with E-state index in [1.165, 1.54) is 5.56 Å². The number of aliphatic carboxylic acids is 1. The van der Waals surface area contributed by atoms with Crippen molar-refractivity contribution in [1.29, 1.82) is 0 Å². The van der Waals surface area contributed by atoms with E-state index >= 15 is 0 Å². The van der Waals surface area contributed by atoms with Gasteiger partial charge < -0.3 is 20.1 Å². The smallest absolute Gasteiger partial charge is 0.326 e. The quantitative estimate of drug-likeness (QED) is 0.428. The van der Waals surface area contributed by atoms with Crippen molar-refractivity contribution < 1.29 is 24.2 Å². The van der Waals surface area contributed by atoms with Crippen LogP contribution in [0.3, 0.4) is 0 Å². The van der Waals surface area contributed by atoms with Gasteiger partial charge in [-0.15, -0.1) is 0 Å². The summed E-state index contributed by atoms with van der Waals surface area (Å²) in [6, 6.07) is 22.4. The first-order valence-corrected chi connectivity index (χ1v) is 12.2. The molecular formula is C29H31N3O5. The molecule has 3 amide bonds. The molecule has 0 aliphatic carbocycles. The predicted molar refractivity (Wildman–Crippen MR) is 143 cm³/mol. The van der Waals surface area contributed by atoms with Gasteiger partial charge in [0.1, 0.15) is 0 Å². The number of nitrogens with one attached hydrogen (secondary N) is 1. The van der Waals surface area contributed by atoms with Crippen LogP contribution in [0.1, 0.15) is 35.6 Å². The molecule has 3 aromatic carbocycles. The van der Waals surface area contributed by atoms with Crippen LogP contribution < -0.4 is 15.1 Å². The molecule has 192 valence electrons. The van der Waals surface area contributed by atoms with Gasteiger partial charge in [-0.1, -0.05) is 42.5 Å². The van der Waals surface area contributed by atoms with Crippen molar-refractivity contribution in [2.24, 2.45) is 0 Å². The standard InChI is InChI=1S/C29H31N3O5/c1-31(24-13-9-22(10-14-24)26(37-2)15-16-28(34)35)27(33)19-20-7-11-23(12-8-20)30-29(36)32-18-17-21-5-3-4-6-25(21)32/h3-14,26H,15-19H2,1-2H3,(H,30,36)(H,34,35). The second-order valence-electron chi connectivity index (χ2n) is 9.04. The number of carboxylic acids is 1. The molecule has 0 saturated heterocycles. The number of fused-ring (bicyclic) bond motifs is 1. The average Bonchev–Trinajstić information content (AvgIpc) is 3.34. The van der Waals surface area contributed by atoms with Crippen LogP contribution in [0.4, 0.5) is 21.9 Å². The van der Waals surface area contributed by atoms with Crippen LogP contribution in [-0.4, -0.2) is 43.7 Å². The number of carboxylic acid groups (broad SMARTS) is 1. The molecule has 8 nitrogen and oxygen atoms in total. The highest BCUT2D eigenvalue weighted by Crippen LogP contribution is 2.28. The van der Waals surface area contributed by atoms with Gasteiger partial charge in [-0.05, 0) is 59.9 Å². The van der Waals surface area contributed by atoms with Crippen molar-refractivity contribution in [3.05, 3.63) is 89.5 Å². The van der Waals surface area contributed by atoms with Gasteiger partial charge in [0.25, 0.3) is 0 Å². The fourth-order valence-electron chi connectivity index (χ4n) is 4.47. The number of anilines is 3. The first-order valence-electron chi connectivity index (χ1n) is 12.2. The zero-order chi connectivity index (χ0) is 26.4. The summed E-state index contributed by atoms with van der Waals surface area (Å²) < 4.78 is 5.42. The molecule has 2 N–H and O–H groups in total. The number of urea groups is 1. The van der Waals surface area contributed by atoms with Gasteiger partial charge in [0.2, 0.25) is 5.91 Å². The number of carbonyl (C=O) groups excluding carboxylic acids is 2. The third-order valence-corrected chi connectivity index (χ3v) is 6.62. The number of nitrogens with zero attached hydrogens (tertiary/aromatic N) is 2. The molecular weight excluding hydrogens is 470 g/mol. The predicted octanol–water partition coefficient (Wildman–Crippen LogP) is 5.04. The second-order valence-corrected chi connectivity index (χ2v) is 9.04. The number of benzene rings is 3. The number of carbonyl (C=O) groups is 3. The largest absolute Gasteiger partial charge is 0.481 e. The number of rotatable bonds is 9. The fraction of sp³-hybridized carbons (Fsp3) is 0.276. The molecule has 0 radical (unpaired) electrons. The summed E-state index contributed by atoms with van der Waals surface area (Å²) in [6.07, 6.45) is 1.14. The van der Waals surface area contributed by atoms with E-state index in [4.69, 9.17) is 9.84 Å². The van der Waals surface area contributed by atoms with Gasteiger partial charge in [0.15, 0.2) is 0 Å². The van der Waals surface area contributed by atoms with Crippen molar-refractivity contribution in [2.45, 2.75) is 31.8 Å². The van der Waals surface area contributed by atoms with Crippen molar-refractivity contribution in [1.82, 2.24) is 0 Å². The minimum atomic E-state index is -0.864. The highest BCUT2D eigenvalue weighted by molar-refractivity contribution is 6.03. The van der Waals surface area contributed by atoms with Crippen LogP contribution in [0.2, 0.25) is 0 Å². The Bertz CT molecular complexity index is 1260. The molecule has 1 heterocycles. The van der Waals surface area contributed by atoms with Crippen LogP contribution in [0.15, 0.2) is 72.8 Å². The van der Waals surface area contributed by atoms with E-state index in [0.717, 1.165) is 28.9 Å². The lowest BCUT2D eigenvalue weighted by atomic mass is 10.0. The summed E-state index contributed by atoms with van der Waals surface area (Å²) in [5.74, 6) is -0.941. The summed E-state index contributed by atoms with van der Waals surface area (Å²) in [7, 11) is 3.27. The highest BCUT2D eigenvalue weighted by Gasteiger charge is 2.24. The van der Waals surface area contributed by atoms with E-state index in [1.54, 1.807) is 36.1 Å². The number of hydrogen-bond donors (Lipinski definition) is 2. The van der Waals surface area contributed by atoms with Crippen LogP contribution in [0, 0.1) is 0 Å². The zero-order valence-electron chi connectivity index (χ0n) is 21.0. The normalized spacial score (nSPS) is 13.1. The first kappa shape index (κ1) is 25.9. The molecule has 1 aliphatic heterocycles. The van der Waals surface area contributed by atoms with Crippen LogP contribution in [0.25, 0.3) is 0 Å². The van der Waals surface area contributed by atoms with Crippen molar-refractivity contribution in [2.75, 3.05) is 35.8 Å². The molecule has 4 rings (SSSR count). The molecule has 0 spiro atoms. The lowest BCUT2D eigenvalue weighted by Gasteiger charge is -2.20.